The Morgan fingerprint density at radius 2 is 2.35 bits per heavy atom. The zero-order valence-electron chi connectivity index (χ0n) is 8.92. The molecule has 17 heavy (non-hydrogen) atoms. The molecule has 0 aromatic heterocycles. The molecule has 3 rings (SSSR count). The van der Waals surface area contributed by atoms with Crippen molar-refractivity contribution >= 4 is 11.7 Å². The monoisotopic (exact) mass is 236 g/mol. The molecule has 0 aliphatic carbocycles. The van der Waals surface area contributed by atoms with E-state index in [9.17, 15) is 4.79 Å². The van der Waals surface area contributed by atoms with Crippen LogP contribution in [0.15, 0.2) is 24.3 Å². The highest BCUT2D eigenvalue weighted by Gasteiger charge is 2.59. The van der Waals surface area contributed by atoms with E-state index in [4.69, 9.17) is 20.6 Å². The zero-order valence-corrected chi connectivity index (χ0v) is 8.92. The van der Waals surface area contributed by atoms with E-state index in [1.165, 1.54) is 0 Å². The van der Waals surface area contributed by atoms with Gasteiger partial charge in [-0.3, -0.25) is 4.79 Å². The lowest BCUT2D eigenvalue weighted by atomic mass is 9.87. The van der Waals surface area contributed by atoms with Crippen LogP contribution in [-0.2, 0) is 20.2 Å². The molecule has 1 fully saturated rings. The molecule has 0 bridgehead atoms. The number of carboxylic acids is 1. The van der Waals surface area contributed by atoms with E-state index in [0.717, 1.165) is 11.3 Å². The molecule has 0 saturated carbocycles. The van der Waals surface area contributed by atoms with Gasteiger partial charge in [0.2, 0.25) is 0 Å². The number of nitrogens with one attached hydrogen (secondary N) is 1. The average molecular weight is 236 g/mol. The number of carboxylic acid groups (broad SMARTS) is 1. The van der Waals surface area contributed by atoms with E-state index in [1.807, 2.05) is 24.3 Å². The molecule has 1 unspecified atom stereocenters. The Morgan fingerprint density at radius 1 is 1.59 bits per heavy atom. The summed E-state index contributed by atoms with van der Waals surface area (Å²) in [6.07, 6.45) is -0.179. The maximum absolute atomic E-state index is 10.8. The molecule has 4 N–H and O–H groups in total. The number of anilines is 1. The molecule has 90 valence electrons. The van der Waals surface area contributed by atoms with Gasteiger partial charge >= 0.3 is 5.97 Å². The molecule has 6 nitrogen and oxygen atoms in total. The Balaban J connectivity index is 1.94. The lowest BCUT2D eigenvalue weighted by Gasteiger charge is -2.42. The van der Waals surface area contributed by atoms with Crippen LogP contribution in [-0.4, -0.2) is 23.3 Å². The summed E-state index contributed by atoms with van der Waals surface area (Å²) in [6, 6.07) is 6.57. The molecule has 0 amide bonds. The van der Waals surface area contributed by atoms with E-state index in [1.54, 1.807) is 0 Å². The first-order valence-electron chi connectivity index (χ1n) is 5.32. The van der Waals surface area contributed by atoms with Gasteiger partial charge in [0, 0.05) is 17.7 Å². The number of nitrogens with two attached hydrogens (primary N) is 1. The van der Waals surface area contributed by atoms with Crippen molar-refractivity contribution in [3.8, 4) is 0 Å². The van der Waals surface area contributed by atoms with Crippen molar-refractivity contribution in [1.29, 1.82) is 0 Å². The minimum atomic E-state index is -1.04. The second kappa shape index (κ2) is 3.43. The molecule has 1 aromatic rings. The van der Waals surface area contributed by atoms with E-state index in [-0.39, 0.29) is 12.6 Å². The fourth-order valence-corrected chi connectivity index (χ4v) is 2.32. The molecule has 2 aliphatic rings. The van der Waals surface area contributed by atoms with Gasteiger partial charge in [-0.05, 0) is 6.07 Å². The van der Waals surface area contributed by atoms with Crippen LogP contribution in [0.25, 0.3) is 0 Å². The first-order chi connectivity index (χ1) is 8.13. The summed E-state index contributed by atoms with van der Waals surface area (Å²) >= 11 is 0. The molecule has 1 saturated heterocycles. The summed E-state index contributed by atoms with van der Waals surface area (Å²) in [6.45, 7) is 0. The van der Waals surface area contributed by atoms with E-state index < -0.39 is 17.6 Å². The standard InChI is InChI=1S/C11H12N2O4/c12-7(9(14)15)5-11-6-3-1-2-4-8(6)13-10(11)16-17-11/h1-4,7,10,13H,5,12H2,(H,14,15)/t7-,10?,11+/m0/s1. The Labute approximate surface area is 97.2 Å². The molecular formula is C11H12N2O4. The second-order valence-electron chi connectivity index (χ2n) is 4.29. The summed E-state index contributed by atoms with van der Waals surface area (Å²) in [4.78, 5) is 21.0. The number of rotatable bonds is 3. The number of hydrogen-bond acceptors (Lipinski definition) is 5. The van der Waals surface area contributed by atoms with Gasteiger partial charge in [0.05, 0.1) is 0 Å². The van der Waals surface area contributed by atoms with Gasteiger partial charge in [0.15, 0.2) is 11.8 Å². The number of hydrogen-bond donors (Lipinski definition) is 3. The van der Waals surface area contributed by atoms with Crippen molar-refractivity contribution in [2.75, 3.05) is 5.32 Å². The molecule has 6 heteroatoms. The predicted molar refractivity (Wildman–Crippen MR) is 57.9 cm³/mol. The molecule has 2 heterocycles. The van der Waals surface area contributed by atoms with Crippen molar-refractivity contribution in [3.05, 3.63) is 29.8 Å². The van der Waals surface area contributed by atoms with E-state index in [2.05, 4.69) is 5.32 Å². The summed E-state index contributed by atoms with van der Waals surface area (Å²) in [5.41, 5.74) is 6.59. The summed E-state index contributed by atoms with van der Waals surface area (Å²) in [7, 11) is 0. The number of carbonyl (C=O) groups is 1. The Bertz CT molecular complexity index is 478. The molecule has 1 aromatic carbocycles. The zero-order chi connectivity index (χ0) is 12.0. The topological polar surface area (TPSA) is 93.8 Å². The highest BCUT2D eigenvalue weighted by molar-refractivity contribution is 5.74. The number of benzene rings is 1. The van der Waals surface area contributed by atoms with Crippen LogP contribution >= 0.6 is 0 Å². The van der Waals surface area contributed by atoms with E-state index >= 15 is 0 Å². The molecule has 0 spiro atoms. The van der Waals surface area contributed by atoms with Crippen molar-refractivity contribution < 1.29 is 19.7 Å². The van der Waals surface area contributed by atoms with Gasteiger partial charge < -0.3 is 16.2 Å². The van der Waals surface area contributed by atoms with Crippen LogP contribution in [0.5, 0.6) is 0 Å². The largest absolute Gasteiger partial charge is 0.480 e. The highest BCUT2D eigenvalue weighted by atomic mass is 17.3. The number of fused-ring (bicyclic) bond motifs is 3. The number of para-hydroxylation sites is 1. The lowest BCUT2D eigenvalue weighted by Crippen LogP contribution is -2.56. The fraction of sp³-hybridized carbons (Fsp3) is 0.364. The van der Waals surface area contributed by atoms with Gasteiger partial charge in [-0.1, -0.05) is 18.2 Å². The van der Waals surface area contributed by atoms with Crippen LogP contribution in [0.3, 0.4) is 0 Å². The van der Waals surface area contributed by atoms with Crippen LogP contribution < -0.4 is 11.1 Å². The van der Waals surface area contributed by atoms with Crippen molar-refractivity contribution in [2.45, 2.75) is 24.3 Å². The van der Waals surface area contributed by atoms with Crippen LogP contribution in [0.4, 0.5) is 5.69 Å². The summed E-state index contributed by atoms with van der Waals surface area (Å²) in [5.74, 6) is -1.04. The first-order valence-corrected chi connectivity index (χ1v) is 5.32. The quantitative estimate of drug-likeness (QED) is 0.657. The van der Waals surface area contributed by atoms with Crippen molar-refractivity contribution in [3.63, 3.8) is 0 Å². The SMILES string of the molecule is N[C@@H](C[C@]12OOC1Nc1ccccc12)C(=O)O. The number of aliphatic carboxylic acids is 1. The second-order valence-corrected chi connectivity index (χ2v) is 4.29. The van der Waals surface area contributed by atoms with Gasteiger partial charge in [0.25, 0.3) is 0 Å². The third-order valence-electron chi connectivity index (χ3n) is 3.23. The Hall–Kier alpha value is -1.63. The lowest BCUT2D eigenvalue weighted by molar-refractivity contribution is -0.509. The Morgan fingerprint density at radius 3 is 3.00 bits per heavy atom. The highest BCUT2D eigenvalue weighted by Crippen LogP contribution is 2.51. The third-order valence-corrected chi connectivity index (χ3v) is 3.23. The average Bonchev–Trinajstić information content (AvgIpc) is 2.51. The minimum Gasteiger partial charge on any atom is -0.480 e. The van der Waals surface area contributed by atoms with Crippen molar-refractivity contribution in [2.24, 2.45) is 5.73 Å². The van der Waals surface area contributed by atoms with Crippen molar-refractivity contribution in [1.82, 2.24) is 0 Å². The Kier molecular flexibility index (Phi) is 2.12. The van der Waals surface area contributed by atoms with Crippen LogP contribution in [0.2, 0.25) is 0 Å². The minimum absolute atomic E-state index is 0.178. The van der Waals surface area contributed by atoms with Crippen LogP contribution in [0.1, 0.15) is 12.0 Å². The molecular weight excluding hydrogens is 224 g/mol. The van der Waals surface area contributed by atoms with Gasteiger partial charge in [-0.25, -0.2) is 9.78 Å². The first kappa shape index (κ1) is 10.5. The molecule has 3 atom stereocenters. The summed E-state index contributed by atoms with van der Waals surface area (Å²) in [5, 5.41) is 12.0. The van der Waals surface area contributed by atoms with Gasteiger partial charge in [-0.15, -0.1) is 0 Å². The van der Waals surface area contributed by atoms with Gasteiger partial charge in [-0.2, -0.15) is 0 Å². The van der Waals surface area contributed by atoms with Gasteiger partial charge in [0.1, 0.15) is 6.04 Å². The summed E-state index contributed by atoms with van der Waals surface area (Å²) < 4.78 is 0. The van der Waals surface area contributed by atoms with E-state index in [0.29, 0.717) is 0 Å². The fourth-order valence-electron chi connectivity index (χ4n) is 2.32. The molecule has 0 radical (unpaired) electrons. The third kappa shape index (κ3) is 1.35. The molecule has 2 aliphatic heterocycles. The maximum Gasteiger partial charge on any atom is 0.320 e. The predicted octanol–water partition coefficient (Wildman–Crippen LogP) is 0.397. The van der Waals surface area contributed by atoms with Crippen LogP contribution in [0, 0.1) is 0 Å². The normalized spacial score (nSPS) is 30.8. The smallest absolute Gasteiger partial charge is 0.320 e. The maximum atomic E-state index is 10.8.